The minimum atomic E-state index is -0.361. The first kappa shape index (κ1) is 13.6. The lowest BCUT2D eigenvalue weighted by atomic mass is 10.1. The molecule has 0 saturated heterocycles. The number of anilines is 1. The summed E-state index contributed by atoms with van der Waals surface area (Å²) in [5, 5.41) is 0. The molecule has 1 aliphatic rings. The predicted molar refractivity (Wildman–Crippen MR) is 79.0 cm³/mol. The SMILES string of the molecule is O=C(CCc1ccccc1)N1CCOc2ccc(F)cc21. The van der Waals surface area contributed by atoms with Gasteiger partial charge in [0, 0.05) is 12.5 Å². The van der Waals surface area contributed by atoms with E-state index in [0.717, 1.165) is 5.56 Å². The minimum absolute atomic E-state index is 0.00555. The van der Waals surface area contributed by atoms with Crippen molar-refractivity contribution in [3.63, 3.8) is 0 Å². The van der Waals surface area contributed by atoms with Gasteiger partial charge in [-0.3, -0.25) is 4.79 Å². The molecule has 0 atom stereocenters. The Morgan fingerprint density at radius 1 is 1.19 bits per heavy atom. The van der Waals surface area contributed by atoms with Crippen molar-refractivity contribution in [2.24, 2.45) is 0 Å². The molecular formula is C17H16FNO2. The van der Waals surface area contributed by atoms with E-state index in [0.29, 0.717) is 37.4 Å². The highest BCUT2D eigenvalue weighted by Gasteiger charge is 2.23. The van der Waals surface area contributed by atoms with E-state index < -0.39 is 0 Å². The molecular weight excluding hydrogens is 269 g/mol. The number of hydrogen-bond acceptors (Lipinski definition) is 2. The normalized spacial score (nSPS) is 13.5. The first-order valence-electron chi connectivity index (χ1n) is 7.01. The largest absolute Gasteiger partial charge is 0.490 e. The Balaban J connectivity index is 1.73. The number of aryl methyl sites for hydroxylation is 1. The highest BCUT2D eigenvalue weighted by atomic mass is 19.1. The van der Waals surface area contributed by atoms with E-state index in [-0.39, 0.29) is 11.7 Å². The Hall–Kier alpha value is -2.36. The lowest BCUT2D eigenvalue weighted by molar-refractivity contribution is -0.118. The molecule has 0 N–H and O–H groups in total. The Bertz CT molecular complexity index is 642. The maximum absolute atomic E-state index is 13.4. The van der Waals surface area contributed by atoms with Gasteiger partial charge in [0.05, 0.1) is 12.2 Å². The molecule has 0 fully saturated rings. The van der Waals surface area contributed by atoms with Gasteiger partial charge in [0.2, 0.25) is 5.91 Å². The highest BCUT2D eigenvalue weighted by Crippen LogP contribution is 2.32. The van der Waals surface area contributed by atoms with Crippen LogP contribution in [0.4, 0.5) is 10.1 Å². The smallest absolute Gasteiger partial charge is 0.227 e. The van der Waals surface area contributed by atoms with Crippen LogP contribution in [0, 0.1) is 5.82 Å². The molecule has 2 aromatic rings. The zero-order valence-corrected chi connectivity index (χ0v) is 11.6. The predicted octanol–water partition coefficient (Wildman–Crippen LogP) is 3.18. The Kier molecular flexibility index (Phi) is 3.86. The van der Waals surface area contributed by atoms with Gasteiger partial charge in [0.15, 0.2) is 0 Å². The second-order valence-electron chi connectivity index (χ2n) is 4.99. The summed E-state index contributed by atoms with van der Waals surface area (Å²) in [7, 11) is 0. The molecule has 4 heteroatoms. The summed E-state index contributed by atoms with van der Waals surface area (Å²) in [5.41, 5.74) is 1.65. The number of amides is 1. The van der Waals surface area contributed by atoms with Gasteiger partial charge in [-0.05, 0) is 24.1 Å². The lowest BCUT2D eigenvalue weighted by Crippen LogP contribution is -2.38. The zero-order chi connectivity index (χ0) is 14.7. The monoisotopic (exact) mass is 285 g/mol. The number of halogens is 1. The number of rotatable bonds is 3. The third-order valence-electron chi connectivity index (χ3n) is 3.56. The molecule has 0 saturated carbocycles. The molecule has 0 aliphatic carbocycles. The van der Waals surface area contributed by atoms with Gasteiger partial charge in [0.25, 0.3) is 0 Å². The van der Waals surface area contributed by atoms with Gasteiger partial charge in [-0.25, -0.2) is 4.39 Å². The van der Waals surface area contributed by atoms with Crippen molar-refractivity contribution in [1.29, 1.82) is 0 Å². The van der Waals surface area contributed by atoms with Crippen LogP contribution in [0.25, 0.3) is 0 Å². The average molecular weight is 285 g/mol. The topological polar surface area (TPSA) is 29.5 Å². The van der Waals surface area contributed by atoms with Crippen molar-refractivity contribution < 1.29 is 13.9 Å². The maximum Gasteiger partial charge on any atom is 0.227 e. The van der Waals surface area contributed by atoms with Crippen LogP contribution < -0.4 is 9.64 Å². The molecule has 3 rings (SSSR count). The Labute approximate surface area is 123 Å². The van der Waals surface area contributed by atoms with Gasteiger partial charge in [0.1, 0.15) is 18.2 Å². The van der Waals surface area contributed by atoms with E-state index in [2.05, 4.69) is 0 Å². The van der Waals surface area contributed by atoms with Gasteiger partial charge in [-0.15, -0.1) is 0 Å². The molecule has 1 heterocycles. The van der Waals surface area contributed by atoms with Crippen LogP contribution in [-0.4, -0.2) is 19.1 Å². The third-order valence-corrected chi connectivity index (χ3v) is 3.56. The van der Waals surface area contributed by atoms with Gasteiger partial charge >= 0.3 is 0 Å². The molecule has 0 unspecified atom stereocenters. The van der Waals surface area contributed by atoms with Crippen molar-refractivity contribution in [1.82, 2.24) is 0 Å². The van der Waals surface area contributed by atoms with E-state index in [1.807, 2.05) is 30.3 Å². The maximum atomic E-state index is 13.4. The number of nitrogens with zero attached hydrogens (tertiary/aromatic N) is 1. The molecule has 1 aliphatic heterocycles. The third kappa shape index (κ3) is 3.05. The van der Waals surface area contributed by atoms with Crippen LogP contribution >= 0.6 is 0 Å². The van der Waals surface area contributed by atoms with Gasteiger partial charge in [-0.1, -0.05) is 30.3 Å². The molecule has 1 amide bonds. The number of benzene rings is 2. The van der Waals surface area contributed by atoms with Crippen LogP contribution in [0.2, 0.25) is 0 Å². The molecule has 3 nitrogen and oxygen atoms in total. The van der Waals surface area contributed by atoms with Crippen LogP contribution in [-0.2, 0) is 11.2 Å². The molecule has 21 heavy (non-hydrogen) atoms. The van der Waals surface area contributed by atoms with Crippen LogP contribution in [0.3, 0.4) is 0 Å². The molecule has 2 aromatic carbocycles. The van der Waals surface area contributed by atoms with Crippen LogP contribution in [0.15, 0.2) is 48.5 Å². The van der Waals surface area contributed by atoms with Gasteiger partial charge < -0.3 is 9.64 Å². The number of carbonyl (C=O) groups excluding carboxylic acids is 1. The first-order chi connectivity index (χ1) is 10.2. The summed E-state index contributed by atoms with van der Waals surface area (Å²) < 4.78 is 18.8. The molecule has 0 radical (unpaired) electrons. The van der Waals surface area contributed by atoms with E-state index in [1.165, 1.54) is 12.1 Å². The fourth-order valence-electron chi connectivity index (χ4n) is 2.48. The zero-order valence-electron chi connectivity index (χ0n) is 11.6. The summed E-state index contributed by atoms with van der Waals surface area (Å²) >= 11 is 0. The van der Waals surface area contributed by atoms with Crippen LogP contribution in [0.1, 0.15) is 12.0 Å². The first-order valence-corrected chi connectivity index (χ1v) is 7.01. The number of hydrogen-bond donors (Lipinski definition) is 0. The second-order valence-corrected chi connectivity index (χ2v) is 4.99. The molecule has 0 aromatic heterocycles. The van der Waals surface area contributed by atoms with E-state index in [1.54, 1.807) is 11.0 Å². The fourth-order valence-corrected chi connectivity index (χ4v) is 2.48. The van der Waals surface area contributed by atoms with Crippen molar-refractivity contribution in [3.05, 3.63) is 59.9 Å². The summed E-state index contributed by atoms with van der Waals surface area (Å²) in [4.78, 5) is 14.0. The number of ether oxygens (including phenoxy) is 1. The summed E-state index contributed by atoms with van der Waals surface area (Å²) in [6, 6.07) is 14.1. The Morgan fingerprint density at radius 3 is 2.81 bits per heavy atom. The molecule has 0 spiro atoms. The van der Waals surface area contributed by atoms with E-state index >= 15 is 0 Å². The quantitative estimate of drug-likeness (QED) is 0.867. The highest BCUT2D eigenvalue weighted by molar-refractivity contribution is 5.95. The summed E-state index contributed by atoms with van der Waals surface area (Å²) in [6.45, 7) is 0.903. The Morgan fingerprint density at radius 2 is 2.00 bits per heavy atom. The standard InChI is InChI=1S/C17H16FNO2/c18-14-7-8-16-15(12-14)19(10-11-21-16)17(20)9-6-13-4-2-1-3-5-13/h1-5,7-8,12H,6,9-11H2. The van der Waals surface area contributed by atoms with Crippen molar-refractivity contribution >= 4 is 11.6 Å². The minimum Gasteiger partial charge on any atom is -0.490 e. The number of fused-ring (bicyclic) bond motifs is 1. The number of carbonyl (C=O) groups is 1. The van der Waals surface area contributed by atoms with Crippen molar-refractivity contribution in [2.75, 3.05) is 18.1 Å². The van der Waals surface area contributed by atoms with E-state index in [4.69, 9.17) is 4.74 Å². The van der Waals surface area contributed by atoms with Gasteiger partial charge in [-0.2, -0.15) is 0 Å². The fraction of sp³-hybridized carbons (Fsp3) is 0.235. The second kappa shape index (κ2) is 5.95. The average Bonchev–Trinajstić information content (AvgIpc) is 2.53. The summed E-state index contributed by atoms with van der Waals surface area (Å²) in [6.07, 6.45) is 1.08. The van der Waals surface area contributed by atoms with E-state index in [9.17, 15) is 9.18 Å². The van der Waals surface area contributed by atoms with Crippen molar-refractivity contribution in [2.45, 2.75) is 12.8 Å². The lowest BCUT2D eigenvalue weighted by Gasteiger charge is -2.29. The summed E-state index contributed by atoms with van der Waals surface area (Å²) in [5.74, 6) is 0.199. The molecule has 108 valence electrons. The molecule has 0 bridgehead atoms. The van der Waals surface area contributed by atoms with Crippen molar-refractivity contribution in [3.8, 4) is 5.75 Å². The van der Waals surface area contributed by atoms with Crippen LogP contribution in [0.5, 0.6) is 5.75 Å².